The van der Waals surface area contributed by atoms with Crippen molar-refractivity contribution in [3.05, 3.63) is 45.6 Å². The van der Waals surface area contributed by atoms with E-state index in [1.54, 1.807) is 6.07 Å². The van der Waals surface area contributed by atoms with Gasteiger partial charge in [0.1, 0.15) is 0 Å². The molecule has 2 heterocycles. The number of nitrogens with zero attached hydrogens (tertiary/aromatic N) is 3. The smallest absolute Gasteiger partial charge is 0.315 e. The van der Waals surface area contributed by atoms with Crippen molar-refractivity contribution in [3.63, 3.8) is 0 Å². The van der Waals surface area contributed by atoms with Gasteiger partial charge in [0.25, 0.3) is 0 Å². The van der Waals surface area contributed by atoms with Crippen LogP contribution in [0.4, 0.5) is 4.79 Å². The molecular formula is C20H26Cl2N6O4. The summed E-state index contributed by atoms with van der Waals surface area (Å²) in [5, 5.41) is 16.5. The monoisotopic (exact) mass is 484 g/mol. The number of benzene rings is 1. The van der Waals surface area contributed by atoms with E-state index >= 15 is 0 Å². The molecule has 0 saturated carbocycles. The molecule has 12 heteroatoms. The maximum Gasteiger partial charge on any atom is 0.315 e. The molecule has 32 heavy (non-hydrogen) atoms. The Balaban J connectivity index is 1.39. The molecule has 3 N–H and O–H groups in total. The summed E-state index contributed by atoms with van der Waals surface area (Å²) in [6, 6.07) is 5.13. The first-order chi connectivity index (χ1) is 15.3. The Morgan fingerprint density at radius 2 is 2.03 bits per heavy atom. The van der Waals surface area contributed by atoms with E-state index in [2.05, 4.69) is 31.0 Å². The van der Waals surface area contributed by atoms with Gasteiger partial charge in [-0.1, -0.05) is 29.3 Å². The molecule has 10 nitrogen and oxygen atoms in total. The number of halogens is 2. The van der Waals surface area contributed by atoms with E-state index in [-0.39, 0.29) is 30.5 Å². The van der Waals surface area contributed by atoms with Gasteiger partial charge in [-0.05, 0) is 31.5 Å². The lowest BCUT2D eigenvalue weighted by atomic mass is 10.2. The molecule has 1 atom stereocenters. The molecule has 1 aromatic carbocycles. The molecule has 0 bridgehead atoms. The standard InChI is InChI=1S/C20H26Cl2N6O4/c1-12(2)25-18(29)19-27-26-17(32-19)9-24-20(30)23-8-14-11-28(5-6-31-14)10-13-3-4-15(21)16(22)7-13/h3-4,7,12,14H,5-6,8-11H2,1-2H3,(H,25,29)(H2,23,24,30)/t14-/m0/s1. The highest BCUT2D eigenvalue weighted by Gasteiger charge is 2.21. The molecule has 1 aliphatic rings. The maximum absolute atomic E-state index is 12.1. The van der Waals surface area contributed by atoms with Gasteiger partial charge in [0.15, 0.2) is 0 Å². The van der Waals surface area contributed by atoms with Crippen molar-refractivity contribution in [3.8, 4) is 0 Å². The lowest BCUT2D eigenvalue weighted by Gasteiger charge is -2.33. The molecule has 0 aliphatic carbocycles. The molecule has 2 aromatic rings. The molecule has 1 fully saturated rings. The first-order valence-electron chi connectivity index (χ1n) is 10.2. The van der Waals surface area contributed by atoms with E-state index in [9.17, 15) is 9.59 Å². The number of morpholine rings is 1. The molecule has 1 aliphatic heterocycles. The number of carbonyl (C=O) groups is 2. The molecule has 3 amide bonds. The molecule has 1 saturated heterocycles. The van der Waals surface area contributed by atoms with E-state index < -0.39 is 11.9 Å². The zero-order valence-corrected chi connectivity index (χ0v) is 19.4. The van der Waals surface area contributed by atoms with Gasteiger partial charge in [0.2, 0.25) is 5.89 Å². The predicted molar refractivity (Wildman–Crippen MR) is 119 cm³/mol. The van der Waals surface area contributed by atoms with Crippen LogP contribution in [0.15, 0.2) is 22.6 Å². The van der Waals surface area contributed by atoms with Crippen molar-refractivity contribution < 1.29 is 18.7 Å². The van der Waals surface area contributed by atoms with Crippen LogP contribution in [0.25, 0.3) is 0 Å². The van der Waals surface area contributed by atoms with Gasteiger partial charge in [0.05, 0.1) is 29.3 Å². The third kappa shape index (κ3) is 7.33. The van der Waals surface area contributed by atoms with Crippen molar-refractivity contribution in [2.45, 2.75) is 39.1 Å². The minimum atomic E-state index is -0.455. The third-order valence-electron chi connectivity index (χ3n) is 4.58. The van der Waals surface area contributed by atoms with Crippen LogP contribution in [0.1, 0.15) is 36.0 Å². The average molecular weight is 485 g/mol. The zero-order chi connectivity index (χ0) is 23.1. The lowest BCUT2D eigenvalue weighted by Crippen LogP contribution is -2.48. The molecule has 174 valence electrons. The summed E-state index contributed by atoms with van der Waals surface area (Å²) >= 11 is 12.1. The molecule has 0 unspecified atom stereocenters. The Labute approximate surface area is 196 Å². The number of urea groups is 1. The summed E-state index contributed by atoms with van der Waals surface area (Å²) < 4.78 is 11.0. The molecule has 3 rings (SSSR count). The Kier molecular flexibility index (Phi) is 8.68. The van der Waals surface area contributed by atoms with Crippen LogP contribution >= 0.6 is 23.2 Å². The van der Waals surface area contributed by atoms with E-state index in [4.69, 9.17) is 32.4 Å². The van der Waals surface area contributed by atoms with Crippen molar-refractivity contribution in [2.75, 3.05) is 26.2 Å². The molecule has 1 aromatic heterocycles. The SMILES string of the molecule is CC(C)NC(=O)c1nnc(CNC(=O)NC[C@H]2CN(Cc3ccc(Cl)c(Cl)c3)CCO2)o1. The number of hydrogen-bond donors (Lipinski definition) is 3. The summed E-state index contributed by atoms with van der Waals surface area (Å²) in [7, 11) is 0. The van der Waals surface area contributed by atoms with Crippen LogP contribution in [0.2, 0.25) is 10.0 Å². The maximum atomic E-state index is 12.1. The second-order valence-corrected chi connectivity index (χ2v) is 8.48. The fourth-order valence-corrected chi connectivity index (χ4v) is 3.43. The van der Waals surface area contributed by atoms with Gasteiger partial charge in [-0.25, -0.2) is 4.79 Å². The Bertz CT molecular complexity index is 939. The fourth-order valence-electron chi connectivity index (χ4n) is 3.11. The first-order valence-corrected chi connectivity index (χ1v) is 11.0. The van der Waals surface area contributed by atoms with Crippen LogP contribution in [0.3, 0.4) is 0 Å². The average Bonchev–Trinajstić information content (AvgIpc) is 3.23. The van der Waals surface area contributed by atoms with Gasteiger partial charge in [-0.15, -0.1) is 10.2 Å². The number of rotatable bonds is 8. The van der Waals surface area contributed by atoms with Gasteiger partial charge >= 0.3 is 17.8 Å². The first kappa shape index (κ1) is 24.2. The van der Waals surface area contributed by atoms with E-state index in [1.165, 1.54) is 0 Å². The quantitative estimate of drug-likeness (QED) is 0.524. The fraction of sp³-hybridized carbons (Fsp3) is 0.500. The topological polar surface area (TPSA) is 122 Å². The highest BCUT2D eigenvalue weighted by Crippen LogP contribution is 2.23. The van der Waals surface area contributed by atoms with Crippen molar-refractivity contribution in [1.82, 2.24) is 31.0 Å². The second kappa shape index (κ2) is 11.5. The Morgan fingerprint density at radius 3 is 2.78 bits per heavy atom. The van der Waals surface area contributed by atoms with Crippen molar-refractivity contribution in [1.29, 1.82) is 0 Å². The van der Waals surface area contributed by atoms with E-state index in [1.807, 2.05) is 26.0 Å². The highest BCUT2D eigenvalue weighted by molar-refractivity contribution is 6.42. The summed E-state index contributed by atoms with van der Waals surface area (Å²) in [6.07, 6.45) is -0.146. The summed E-state index contributed by atoms with van der Waals surface area (Å²) in [5.41, 5.74) is 1.06. The number of aromatic nitrogens is 2. The molecule has 0 radical (unpaired) electrons. The predicted octanol–water partition coefficient (Wildman–Crippen LogP) is 2.21. The zero-order valence-electron chi connectivity index (χ0n) is 17.9. The summed E-state index contributed by atoms with van der Waals surface area (Å²) in [4.78, 5) is 26.2. The Hall–Kier alpha value is -2.40. The van der Waals surface area contributed by atoms with Crippen LogP contribution in [-0.2, 0) is 17.8 Å². The molecule has 0 spiro atoms. The number of hydrogen-bond acceptors (Lipinski definition) is 7. The van der Waals surface area contributed by atoms with Gasteiger partial charge in [-0.3, -0.25) is 9.69 Å². The van der Waals surface area contributed by atoms with Gasteiger partial charge < -0.3 is 25.1 Å². The highest BCUT2D eigenvalue weighted by atomic mass is 35.5. The van der Waals surface area contributed by atoms with Crippen LogP contribution < -0.4 is 16.0 Å². The lowest BCUT2D eigenvalue weighted by molar-refractivity contribution is -0.0287. The van der Waals surface area contributed by atoms with Crippen LogP contribution in [0, 0.1) is 0 Å². The van der Waals surface area contributed by atoms with Gasteiger partial charge in [-0.2, -0.15) is 0 Å². The second-order valence-electron chi connectivity index (χ2n) is 7.67. The summed E-state index contributed by atoms with van der Waals surface area (Å²) in [6.45, 7) is 6.72. The van der Waals surface area contributed by atoms with Crippen molar-refractivity contribution in [2.24, 2.45) is 0 Å². The normalized spacial score (nSPS) is 16.7. The number of nitrogens with one attached hydrogen (secondary N) is 3. The van der Waals surface area contributed by atoms with Gasteiger partial charge in [0, 0.05) is 32.2 Å². The third-order valence-corrected chi connectivity index (χ3v) is 5.32. The minimum Gasteiger partial charge on any atom is -0.415 e. The molecular weight excluding hydrogens is 459 g/mol. The minimum absolute atomic E-state index is 0.00274. The van der Waals surface area contributed by atoms with E-state index in [0.29, 0.717) is 36.3 Å². The largest absolute Gasteiger partial charge is 0.415 e. The van der Waals surface area contributed by atoms with Crippen LogP contribution in [0.5, 0.6) is 0 Å². The number of ether oxygens (including phenoxy) is 1. The Morgan fingerprint density at radius 1 is 1.22 bits per heavy atom. The summed E-state index contributed by atoms with van der Waals surface area (Å²) in [5.74, 6) is -0.465. The number of amides is 3. The number of carbonyl (C=O) groups excluding carboxylic acids is 2. The van der Waals surface area contributed by atoms with Crippen LogP contribution in [-0.4, -0.2) is 65.4 Å². The van der Waals surface area contributed by atoms with E-state index in [0.717, 1.165) is 12.1 Å². The van der Waals surface area contributed by atoms with Crippen molar-refractivity contribution >= 4 is 35.1 Å².